The highest BCUT2D eigenvalue weighted by molar-refractivity contribution is 6.09. The molecule has 1 fully saturated rings. The summed E-state index contributed by atoms with van der Waals surface area (Å²) >= 11 is 0. The fourth-order valence-corrected chi connectivity index (χ4v) is 4.66. The molecule has 0 spiro atoms. The number of hydrogen-bond acceptors (Lipinski definition) is 5. The summed E-state index contributed by atoms with van der Waals surface area (Å²) in [5.41, 5.74) is 1.10. The third-order valence-electron chi connectivity index (χ3n) is 6.50. The molecular formula is C28H27N3O5. The van der Waals surface area contributed by atoms with Crippen LogP contribution < -0.4 is 20.1 Å². The Morgan fingerprint density at radius 3 is 2.36 bits per heavy atom. The van der Waals surface area contributed by atoms with Gasteiger partial charge in [-0.2, -0.15) is 0 Å². The summed E-state index contributed by atoms with van der Waals surface area (Å²) in [6, 6.07) is 23.2. The quantitative estimate of drug-likeness (QED) is 0.501. The molecule has 2 aliphatic heterocycles. The molecule has 0 saturated carbocycles. The van der Waals surface area contributed by atoms with Crippen LogP contribution in [0.2, 0.25) is 0 Å². The number of carbonyl (C=O) groups is 3. The molecule has 2 N–H and O–H groups in total. The Bertz CT molecular complexity index is 1280. The van der Waals surface area contributed by atoms with E-state index in [2.05, 4.69) is 10.6 Å². The summed E-state index contributed by atoms with van der Waals surface area (Å²) < 4.78 is 11.2. The van der Waals surface area contributed by atoms with Gasteiger partial charge in [0.15, 0.2) is 17.0 Å². The van der Waals surface area contributed by atoms with Crippen LogP contribution >= 0.6 is 0 Å². The molecule has 0 radical (unpaired) electrons. The van der Waals surface area contributed by atoms with Crippen LogP contribution in [-0.2, 0) is 21.5 Å². The van der Waals surface area contributed by atoms with Crippen molar-refractivity contribution in [2.45, 2.75) is 24.9 Å². The van der Waals surface area contributed by atoms with Crippen molar-refractivity contribution in [2.75, 3.05) is 19.8 Å². The molecule has 1 saturated heterocycles. The standard InChI is InChI=1S/C28H27N3O5/c1-19(21-12-13-23-24(16-21)36-15-14-35-23)29-25(32)18-31-26(33)28(30-27(31)34,22-10-6-3-7-11-22)17-20-8-4-2-5-9-20/h2-13,16,19H,14-15,17-18H2,1H3,(H,29,32)(H,30,34). The van der Waals surface area contributed by atoms with Crippen molar-refractivity contribution in [2.24, 2.45) is 0 Å². The second-order valence-electron chi connectivity index (χ2n) is 8.95. The van der Waals surface area contributed by atoms with Crippen molar-refractivity contribution >= 4 is 17.8 Å². The normalized spacial score (nSPS) is 19.5. The van der Waals surface area contributed by atoms with Gasteiger partial charge in [-0.15, -0.1) is 0 Å². The second-order valence-corrected chi connectivity index (χ2v) is 8.95. The molecule has 2 atom stereocenters. The van der Waals surface area contributed by atoms with Crippen molar-refractivity contribution in [1.29, 1.82) is 0 Å². The minimum absolute atomic E-state index is 0.272. The van der Waals surface area contributed by atoms with Crippen molar-refractivity contribution in [1.82, 2.24) is 15.5 Å². The van der Waals surface area contributed by atoms with E-state index in [1.54, 1.807) is 0 Å². The molecule has 8 heteroatoms. The second kappa shape index (κ2) is 9.73. The Morgan fingerprint density at radius 1 is 0.972 bits per heavy atom. The van der Waals surface area contributed by atoms with Gasteiger partial charge >= 0.3 is 6.03 Å². The zero-order valence-corrected chi connectivity index (χ0v) is 19.9. The predicted molar refractivity (Wildman–Crippen MR) is 133 cm³/mol. The number of nitrogens with zero attached hydrogens (tertiary/aromatic N) is 1. The lowest BCUT2D eigenvalue weighted by Gasteiger charge is -2.27. The average molecular weight is 486 g/mol. The lowest BCUT2D eigenvalue weighted by atomic mass is 9.83. The summed E-state index contributed by atoms with van der Waals surface area (Å²) in [6.45, 7) is 2.41. The average Bonchev–Trinajstić information content (AvgIpc) is 3.14. The van der Waals surface area contributed by atoms with Crippen LogP contribution in [0.4, 0.5) is 4.79 Å². The molecule has 2 heterocycles. The summed E-state index contributed by atoms with van der Waals surface area (Å²) in [4.78, 5) is 40.6. The first-order valence-corrected chi connectivity index (χ1v) is 11.9. The number of urea groups is 1. The van der Waals surface area contributed by atoms with Crippen LogP contribution in [0.15, 0.2) is 78.9 Å². The molecule has 0 aromatic heterocycles. The lowest BCUT2D eigenvalue weighted by Crippen LogP contribution is -2.47. The van der Waals surface area contributed by atoms with E-state index in [4.69, 9.17) is 9.47 Å². The number of benzene rings is 3. The molecule has 4 amide bonds. The van der Waals surface area contributed by atoms with Crippen molar-refractivity contribution in [3.05, 3.63) is 95.6 Å². The molecule has 5 rings (SSSR count). The zero-order valence-electron chi connectivity index (χ0n) is 19.9. The van der Waals surface area contributed by atoms with E-state index in [0.29, 0.717) is 30.3 Å². The van der Waals surface area contributed by atoms with Gasteiger partial charge in [-0.25, -0.2) is 4.79 Å². The maximum atomic E-state index is 13.7. The summed E-state index contributed by atoms with van der Waals surface area (Å²) in [5.74, 6) is 0.398. The fraction of sp³-hybridized carbons (Fsp3) is 0.250. The number of amides is 4. The smallest absolute Gasteiger partial charge is 0.325 e. The number of hydrogen-bond donors (Lipinski definition) is 2. The van der Waals surface area contributed by atoms with Gasteiger partial charge in [-0.1, -0.05) is 66.7 Å². The molecule has 2 unspecified atom stereocenters. The van der Waals surface area contributed by atoms with Crippen LogP contribution in [0.5, 0.6) is 11.5 Å². The lowest BCUT2D eigenvalue weighted by molar-refractivity contribution is -0.135. The Hall–Kier alpha value is -4.33. The topological polar surface area (TPSA) is 97.0 Å². The third-order valence-corrected chi connectivity index (χ3v) is 6.50. The largest absolute Gasteiger partial charge is 0.486 e. The first-order chi connectivity index (χ1) is 17.5. The summed E-state index contributed by atoms with van der Waals surface area (Å²) in [5, 5.41) is 5.76. The van der Waals surface area contributed by atoms with Crippen molar-refractivity contribution in [3.8, 4) is 11.5 Å². The minimum Gasteiger partial charge on any atom is -0.486 e. The third kappa shape index (κ3) is 4.49. The van der Waals surface area contributed by atoms with Crippen molar-refractivity contribution in [3.63, 3.8) is 0 Å². The van der Waals surface area contributed by atoms with Crippen LogP contribution in [-0.4, -0.2) is 42.5 Å². The van der Waals surface area contributed by atoms with Gasteiger partial charge in [0.2, 0.25) is 5.91 Å². The monoisotopic (exact) mass is 485 g/mol. The van der Waals surface area contributed by atoms with Crippen LogP contribution in [0.25, 0.3) is 0 Å². The van der Waals surface area contributed by atoms with Gasteiger partial charge in [0, 0.05) is 6.42 Å². The highest BCUT2D eigenvalue weighted by Gasteiger charge is 2.52. The summed E-state index contributed by atoms with van der Waals surface area (Å²) in [7, 11) is 0. The minimum atomic E-state index is -1.29. The Labute approximate surface area is 209 Å². The molecule has 3 aromatic rings. The van der Waals surface area contributed by atoms with Crippen LogP contribution in [0, 0.1) is 0 Å². The fourth-order valence-electron chi connectivity index (χ4n) is 4.66. The highest BCUT2D eigenvalue weighted by Crippen LogP contribution is 2.34. The number of nitrogens with one attached hydrogen (secondary N) is 2. The zero-order chi connectivity index (χ0) is 25.1. The van der Waals surface area contributed by atoms with E-state index in [-0.39, 0.29) is 19.0 Å². The molecule has 184 valence electrons. The Kier molecular flexibility index (Phi) is 6.33. The van der Waals surface area contributed by atoms with Gasteiger partial charge in [0.25, 0.3) is 5.91 Å². The van der Waals surface area contributed by atoms with Gasteiger partial charge in [0.1, 0.15) is 19.8 Å². The van der Waals surface area contributed by atoms with Crippen molar-refractivity contribution < 1.29 is 23.9 Å². The molecule has 0 bridgehead atoms. The Balaban J connectivity index is 1.33. The van der Waals surface area contributed by atoms with E-state index in [1.165, 1.54) is 0 Å². The Morgan fingerprint density at radius 2 is 1.64 bits per heavy atom. The predicted octanol–water partition coefficient (Wildman–Crippen LogP) is 3.33. The molecular weight excluding hydrogens is 458 g/mol. The molecule has 0 aliphatic carbocycles. The first-order valence-electron chi connectivity index (χ1n) is 11.9. The van der Waals surface area contributed by atoms with Gasteiger partial charge in [0.05, 0.1) is 6.04 Å². The SMILES string of the molecule is CC(NC(=O)CN1C(=O)NC(Cc2ccccc2)(c2ccccc2)C1=O)c1ccc2c(c1)OCCO2. The number of fused-ring (bicyclic) bond motifs is 1. The number of ether oxygens (including phenoxy) is 2. The van der Waals surface area contributed by atoms with E-state index < -0.39 is 23.4 Å². The molecule has 2 aliphatic rings. The maximum Gasteiger partial charge on any atom is 0.325 e. The maximum absolute atomic E-state index is 13.7. The van der Waals surface area contributed by atoms with Crippen LogP contribution in [0.3, 0.4) is 0 Å². The van der Waals surface area contributed by atoms with E-state index in [0.717, 1.165) is 16.0 Å². The van der Waals surface area contributed by atoms with Gasteiger partial charge in [-0.05, 0) is 35.7 Å². The van der Waals surface area contributed by atoms with Gasteiger partial charge < -0.3 is 20.1 Å². The van der Waals surface area contributed by atoms with Crippen LogP contribution in [0.1, 0.15) is 29.7 Å². The first kappa shape index (κ1) is 23.4. The molecule has 36 heavy (non-hydrogen) atoms. The number of imide groups is 1. The van der Waals surface area contributed by atoms with E-state index in [1.807, 2.05) is 85.8 Å². The number of carbonyl (C=O) groups excluding carboxylic acids is 3. The number of rotatable bonds is 7. The van der Waals surface area contributed by atoms with E-state index in [9.17, 15) is 14.4 Å². The highest BCUT2D eigenvalue weighted by atomic mass is 16.6. The van der Waals surface area contributed by atoms with Gasteiger partial charge in [-0.3, -0.25) is 14.5 Å². The summed E-state index contributed by atoms with van der Waals surface area (Å²) in [6.07, 6.45) is 0.272. The van der Waals surface area contributed by atoms with E-state index >= 15 is 0 Å². The molecule has 8 nitrogen and oxygen atoms in total. The molecule has 3 aromatic carbocycles.